The van der Waals surface area contributed by atoms with E-state index in [4.69, 9.17) is 0 Å². The van der Waals surface area contributed by atoms with Gasteiger partial charge in [-0.1, -0.05) is 13.8 Å². The van der Waals surface area contributed by atoms with Gasteiger partial charge in [0, 0.05) is 19.0 Å². The summed E-state index contributed by atoms with van der Waals surface area (Å²) in [6.45, 7) is 4.81. The third kappa shape index (κ3) is 3.47. The molecule has 2 aromatic rings. The molecule has 0 aliphatic carbocycles. The van der Waals surface area contributed by atoms with E-state index >= 15 is 0 Å². The Morgan fingerprint density at radius 2 is 2.05 bits per heavy atom. The molecule has 0 aliphatic rings. The molecule has 0 aliphatic heterocycles. The van der Waals surface area contributed by atoms with Gasteiger partial charge in [-0.3, -0.25) is 0 Å². The summed E-state index contributed by atoms with van der Waals surface area (Å²) in [4.78, 5) is 7.20. The Bertz CT molecular complexity index is 558. The fraction of sp³-hybridized carbons (Fsp3) is 0.462. The highest BCUT2D eigenvalue weighted by Crippen LogP contribution is 2.30. The summed E-state index contributed by atoms with van der Waals surface area (Å²) >= 11 is 0. The molecule has 0 saturated carbocycles. The average Bonchev–Trinajstić information content (AvgIpc) is 2.68. The Morgan fingerprint density at radius 1 is 1.32 bits per heavy atom. The van der Waals surface area contributed by atoms with Gasteiger partial charge in [0.05, 0.1) is 16.6 Å². The number of nitrogens with zero attached hydrogens (tertiary/aromatic N) is 1. The molecular formula is C13H16F3N3. The first-order valence-corrected chi connectivity index (χ1v) is 6.15. The first-order valence-electron chi connectivity index (χ1n) is 6.15. The Labute approximate surface area is 109 Å². The number of halogens is 3. The fourth-order valence-electron chi connectivity index (χ4n) is 1.84. The second-order valence-electron chi connectivity index (χ2n) is 4.77. The molecule has 0 unspecified atom stereocenters. The van der Waals surface area contributed by atoms with Crippen LogP contribution < -0.4 is 5.32 Å². The lowest BCUT2D eigenvalue weighted by Crippen LogP contribution is -2.25. The minimum Gasteiger partial charge on any atom is -0.342 e. The van der Waals surface area contributed by atoms with E-state index in [1.54, 1.807) is 0 Å². The van der Waals surface area contributed by atoms with Gasteiger partial charge in [0.2, 0.25) is 0 Å². The van der Waals surface area contributed by atoms with Gasteiger partial charge < -0.3 is 10.3 Å². The lowest BCUT2D eigenvalue weighted by Gasteiger charge is -2.05. The Balaban J connectivity index is 2.16. The molecule has 0 bridgehead atoms. The minimum atomic E-state index is -4.32. The number of aromatic amines is 1. The summed E-state index contributed by atoms with van der Waals surface area (Å²) in [7, 11) is 0. The number of alkyl halides is 3. The molecule has 3 nitrogen and oxygen atoms in total. The van der Waals surface area contributed by atoms with Crippen LogP contribution >= 0.6 is 0 Å². The van der Waals surface area contributed by atoms with E-state index in [-0.39, 0.29) is 0 Å². The Morgan fingerprint density at radius 3 is 2.68 bits per heavy atom. The number of hydrogen-bond donors (Lipinski definition) is 2. The Hall–Kier alpha value is -1.56. The van der Waals surface area contributed by atoms with Crippen molar-refractivity contribution in [3.8, 4) is 0 Å². The van der Waals surface area contributed by atoms with E-state index in [1.165, 1.54) is 6.07 Å². The van der Waals surface area contributed by atoms with E-state index in [1.807, 2.05) is 13.8 Å². The Kier molecular flexibility index (Phi) is 3.80. The number of fused-ring (bicyclic) bond motifs is 1. The largest absolute Gasteiger partial charge is 0.416 e. The molecule has 2 N–H and O–H groups in total. The van der Waals surface area contributed by atoms with Crippen LogP contribution in [0.15, 0.2) is 18.2 Å². The van der Waals surface area contributed by atoms with Crippen molar-refractivity contribution in [2.24, 2.45) is 0 Å². The van der Waals surface area contributed by atoms with E-state index in [2.05, 4.69) is 15.3 Å². The smallest absolute Gasteiger partial charge is 0.342 e. The van der Waals surface area contributed by atoms with Crippen LogP contribution in [0.25, 0.3) is 11.0 Å². The topological polar surface area (TPSA) is 40.7 Å². The summed E-state index contributed by atoms with van der Waals surface area (Å²) in [5.41, 5.74) is 0.331. The van der Waals surface area contributed by atoms with E-state index in [0.717, 1.165) is 18.7 Å². The first kappa shape index (κ1) is 13.9. The van der Waals surface area contributed by atoms with Gasteiger partial charge in [-0.05, 0) is 18.2 Å². The zero-order valence-corrected chi connectivity index (χ0v) is 10.8. The van der Waals surface area contributed by atoms with Crippen LogP contribution in [0.5, 0.6) is 0 Å². The average molecular weight is 271 g/mol. The zero-order valence-electron chi connectivity index (χ0n) is 10.8. The van der Waals surface area contributed by atoms with Crippen LogP contribution in [0.3, 0.4) is 0 Å². The zero-order chi connectivity index (χ0) is 14.0. The summed E-state index contributed by atoms with van der Waals surface area (Å²) in [5, 5.41) is 3.23. The predicted octanol–water partition coefficient (Wildman–Crippen LogP) is 3.12. The summed E-state index contributed by atoms with van der Waals surface area (Å²) < 4.78 is 37.7. The highest BCUT2D eigenvalue weighted by atomic mass is 19.4. The van der Waals surface area contributed by atoms with E-state index in [9.17, 15) is 13.2 Å². The number of rotatable bonds is 4. The second-order valence-corrected chi connectivity index (χ2v) is 4.77. The van der Waals surface area contributed by atoms with E-state index in [0.29, 0.717) is 29.3 Å². The molecule has 0 saturated heterocycles. The lowest BCUT2D eigenvalue weighted by molar-refractivity contribution is -0.137. The van der Waals surface area contributed by atoms with Crippen LogP contribution in [-0.4, -0.2) is 22.6 Å². The maximum atomic E-state index is 12.6. The summed E-state index contributed by atoms with van der Waals surface area (Å²) in [6, 6.07) is 3.93. The van der Waals surface area contributed by atoms with Gasteiger partial charge >= 0.3 is 6.18 Å². The molecule has 0 atom stereocenters. The van der Waals surface area contributed by atoms with Crippen LogP contribution in [0.1, 0.15) is 25.2 Å². The summed E-state index contributed by atoms with van der Waals surface area (Å²) in [6.07, 6.45) is -3.66. The fourth-order valence-corrected chi connectivity index (χ4v) is 1.84. The quantitative estimate of drug-likeness (QED) is 0.897. The second kappa shape index (κ2) is 5.21. The van der Waals surface area contributed by atoms with Crippen LogP contribution in [0.4, 0.5) is 13.2 Å². The maximum Gasteiger partial charge on any atom is 0.416 e. The van der Waals surface area contributed by atoms with Crippen molar-refractivity contribution in [3.63, 3.8) is 0 Å². The molecular weight excluding hydrogens is 255 g/mol. The van der Waals surface area contributed by atoms with Crippen molar-refractivity contribution in [1.29, 1.82) is 0 Å². The van der Waals surface area contributed by atoms with Crippen LogP contribution in [-0.2, 0) is 12.6 Å². The number of hydrogen-bond acceptors (Lipinski definition) is 2. The van der Waals surface area contributed by atoms with Crippen molar-refractivity contribution in [1.82, 2.24) is 15.3 Å². The standard InChI is InChI=1S/C13H16F3N3/c1-8(2)17-6-5-12-18-10-4-3-9(13(14,15)16)7-11(10)19-12/h3-4,7-8,17H,5-6H2,1-2H3,(H,18,19). The monoisotopic (exact) mass is 271 g/mol. The molecule has 2 rings (SSSR count). The molecule has 0 amide bonds. The van der Waals surface area contributed by atoms with Crippen molar-refractivity contribution < 1.29 is 13.2 Å². The number of nitrogens with one attached hydrogen (secondary N) is 2. The van der Waals surface area contributed by atoms with Gasteiger partial charge in [-0.25, -0.2) is 4.98 Å². The van der Waals surface area contributed by atoms with Gasteiger partial charge in [0.1, 0.15) is 5.82 Å². The molecule has 0 fully saturated rings. The number of aromatic nitrogens is 2. The van der Waals surface area contributed by atoms with Gasteiger partial charge in [0.15, 0.2) is 0 Å². The number of benzene rings is 1. The van der Waals surface area contributed by atoms with Crippen molar-refractivity contribution in [3.05, 3.63) is 29.6 Å². The molecule has 19 heavy (non-hydrogen) atoms. The minimum absolute atomic E-state index is 0.376. The predicted molar refractivity (Wildman–Crippen MR) is 67.9 cm³/mol. The molecule has 1 aromatic carbocycles. The van der Waals surface area contributed by atoms with Gasteiger partial charge in [-0.15, -0.1) is 0 Å². The molecule has 1 heterocycles. The van der Waals surface area contributed by atoms with Crippen molar-refractivity contribution in [2.75, 3.05) is 6.54 Å². The van der Waals surface area contributed by atoms with Gasteiger partial charge in [0.25, 0.3) is 0 Å². The SMILES string of the molecule is CC(C)NCCc1nc2ccc(C(F)(F)F)cc2[nH]1. The summed E-state index contributed by atoms with van der Waals surface area (Å²) in [5.74, 6) is 0.697. The van der Waals surface area contributed by atoms with Gasteiger partial charge in [-0.2, -0.15) is 13.2 Å². The maximum absolute atomic E-state index is 12.6. The molecule has 0 radical (unpaired) electrons. The highest BCUT2D eigenvalue weighted by Gasteiger charge is 2.30. The lowest BCUT2D eigenvalue weighted by atomic mass is 10.2. The number of H-pyrrole nitrogens is 1. The normalized spacial score (nSPS) is 12.5. The van der Waals surface area contributed by atoms with E-state index < -0.39 is 11.7 Å². The first-order chi connectivity index (χ1) is 8.86. The molecule has 104 valence electrons. The van der Waals surface area contributed by atoms with Crippen LogP contribution in [0, 0.1) is 0 Å². The van der Waals surface area contributed by atoms with Crippen LogP contribution in [0.2, 0.25) is 0 Å². The van der Waals surface area contributed by atoms with Crippen molar-refractivity contribution >= 4 is 11.0 Å². The van der Waals surface area contributed by atoms with Crippen molar-refractivity contribution in [2.45, 2.75) is 32.5 Å². The number of imidazole rings is 1. The highest BCUT2D eigenvalue weighted by molar-refractivity contribution is 5.76. The third-order valence-corrected chi connectivity index (χ3v) is 2.77. The molecule has 6 heteroatoms. The molecule has 0 spiro atoms. The third-order valence-electron chi connectivity index (χ3n) is 2.77. The molecule has 1 aromatic heterocycles.